The first-order valence-corrected chi connectivity index (χ1v) is 9.94. The van der Waals surface area contributed by atoms with Gasteiger partial charge in [0.2, 0.25) is 22.7 Å². The van der Waals surface area contributed by atoms with Gasteiger partial charge in [-0.2, -0.15) is 0 Å². The van der Waals surface area contributed by atoms with Crippen LogP contribution in [0.5, 0.6) is 11.5 Å². The number of fused-ring (bicyclic) bond motifs is 1. The van der Waals surface area contributed by atoms with E-state index < -0.39 is 28.4 Å². The number of amides is 1. The fraction of sp³-hybridized carbons (Fsp3) is 0.222. The molecule has 2 aromatic carbocycles. The van der Waals surface area contributed by atoms with Crippen LogP contribution in [-0.2, 0) is 14.8 Å². The number of anilines is 2. The molecule has 0 aliphatic carbocycles. The van der Waals surface area contributed by atoms with Gasteiger partial charge in [0.25, 0.3) is 0 Å². The second-order valence-corrected chi connectivity index (χ2v) is 8.06. The highest BCUT2D eigenvalue weighted by Crippen LogP contribution is 2.36. The van der Waals surface area contributed by atoms with Crippen LogP contribution in [-0.4, -0.2) is 44.5 Å². The zero-order chi connectivity index (χ0) is 20.3. The molecule has 1 amide bonds. The van der Waals surface area contributed by atoms with E-state index in [1.165, 1.54) is 43.3 Å². The monoisotopic (exact) mass is 406 g/mol. The third-order valence-corrected chi connectivity index (χ3v) is 5.79. The number of benzene rings is 2. The Morgan fingerprint density at radius 3 is 2.43 bits per heavy atom. The van der Waals surface area contributed by atoms with Gasteiger partial charge < -0.3 is 19.9 Å². The maximum atomic E-state index is 12.5. The molecule has 0 unspecified atom stereocenters. The number of ether oxygens (including phenoxy) is 2. The summed E-state index contributed by atoms with van der Waals surface area (Å²) in [4.78, 5) is 23.3. The summed E-state index contributed by atoms with van der Waals surface area (Å²) >= 11 is 0. The van der Waals surface area contributed by atoms with Gasteiger partial charge in [-0.15, -0.1) is 0 Å². The van der Waals surface area contributed by atoms with E-state index in [1.807, 2.05) is 0 Å². The van der Waals surface area contributed by atoms with Crippen LogP contribution in [0.25, 0.3) is 0 Å². The third kappa shape index (κ3) is 4.17. The van der Waals surface area contributed by atoms with Gasteiger partial charge in [-0.25, -0.2) is 13.2 Å². The molecule has 3 rings (SSSR count). The first-order chi connectivity index (χ1) is 13.3. The average molecular weight is 406 g/mol. The molecule has 28 heavy (non-hydrogen) atoms. The molecule has 0 aromatic heterocycles. The number of aromatic carboxylic acids is 1. The van der Waals surface area contributed by atoms with E-state index in [-0.39, 0.29) is 23.8 Å². The fourth-order valence-corrected chi connectivity index (χ4v) is 3.63. The fourth-order valence-electron chi connectivity index (χ4n) is 2.57. The lowest BCUT2D eigenvalue weighted by molar-refractivity contribution is -0.114. The lowest BCUT2D eigenvalue weighted by Gasteiger charge is -2.23. The molecule has 1 heterocycles. The molecular weight excluding hydrogens is 388 g/mol. The Morgan fingerprint density at radius 2 is 1.79 bits per heavy atom. The van der Waals surface area contributed by atoms with Crippen molar-refractivity contribution in [3.63, 3.8) is 0 Å². The molecule has 2 aromatic rings. The summed E-state index contributed by atoms with van der Waals surface area (Å²) in [5, 5.41) is 11.5. The van der Waals surface area contributed by atoms with Gasteiger partial charge in [0.15, 0.2) is 11.5 Å². The summed E-state index contributed by atoms with van der Waals surface area (Å²) in [6, 6.07) is 10.2. The Labute approximate surface area is 161 Å². The van der Waals surface area contributed by atoms with E-state index >= 15 is 0 Å². The first-order valence-electron chi connectivity index (χ1n) is 8.33. The molecule has 10 heteroatoms. The van der Waals surface area contributed by atoms with Crippen LogP contribution in [0.15, 0.2) is 42.5 Å². The van der Waals surface area contributed by atoms with Crippen molar-refractivity contribution in [2.75, 3.05) is 28.7 Å². The number of hydrogen-bond donors (Lipinski definition) is 2. The predicted molar refractivity (Wildman–Crippen MR) is 101 cm³/mol. The van der Waals surface area contributed by atoms with Crippen molar-refractivity contribution in [1.29, 1.82) is 0 Å². The van der Waals surface area contributed by atoms with Crippen molar-refractivity contribution in [1.82, 2.24) is 0 Å². The van der Waals surface area contributed by atoms with Gasteiger partial charge in [-0.1, -0.05) is 0 Å². The molecule has 0 bridgehead atoms. The van der Waals surface area contributed by atoms with Gasteiger partial charge in [-0.3, -0.25) is 9.10 Å². The van der Waals surface area contributed by atoms with Gasteiger partial charge in [-0.05, 0) is 43.3 Å². The van der Waals surface area contributed by atoms with E-state index in [9.17, 15) is 18.0 Å². The van der Waals surface area contributed by atoms with E-state index in [0.29, 0.717) is 17.2 Å². The minimum Gasteiger partial charge on any atom is -0.478 e. The van der Waals surface area contributed by atoms with Crippen LogP contribution in [0.1, 0.15) is 17.3 Å². The average Bonchev–Trinajstić information content (AvgIpc) is 3.14. The van der Waals surface area contributed by atoms with Crippen LogP contribution in [0.2, 0.25) is 0 Å². The van der Waals surface area contributed by atoms with Crippen LogP contribution in [0.4, 0.5) is 11.4 Å². The summed E-state index contributed by atoms with van der Waals surface area (Å²) in [5.74, 6) is -0.945. The molecule has 0 fully saturated rings. The number of carboxylic acid groups (broad SMARTS) is 1. The maximum Gasteiger partial charge on any atom is 0.335 e. The SMILES string of the molecule is CCS(=O)(=O)N(CC(=O)Nc1ccc(C(=O)O)cc1)c1ccc2c(c1)OCO2. The quantitative estimate of drug-likeness (QED) is 0.720. The second-order valence-electron chi connectivity index (χ2n) is 5.88. The van der Waals surface area contributed by atoms with Crippen molar-refractivity contribution >= 4 is 33.3 Å². The standard InChI is InChI=1S/C18H18N2O7S/c1-2-28(24,25)20(14-7-8-15-16(9-14)27-11-26-15)10-17(21)19-13-5-3-12(4-6-13)18(22)23/h3-9H,2,10-11H2,1H3,(H,19,21)(H,22,23). The van der Waals surface area contributed by atoms with E-state index in [1.54, 1.807) is 6.07 Å². The summed E-state index contributed by atoms with van der Waals surface area (Å²) < 4.78 is 36.5. The molecule has 148 valence electrons. The zero-order valence-corrected chi connectivity index (χ0v) is 15.7. The van der Waals surface area contributed by atoms with Crippen molar-refractivity contribution in [2.24, 2.45) is 0 Å². The topological polar surface area (TPSA) is 122 Å². The van der Waals surface area contributed by atoms with Crippen LogP contribution in [0, 0.1) is 0 Å². The highest BCUT2D eigenvalue weighted by molar-refractivity contribution is 7.92. The van der Waals surface area contributed by atoms with Crippen molar-refractivity contribution in [3.8, 4) is 11.5 Å². The van der Waals surface area contributed by atoms with Crippen molar-refractivity contribution < 1.29 is 32.6 Å². The number of carbonyl (C=O) groups excluding carboxylic acids is 1. The van der Waals surface area contributed by atoms with Gasteiger partial charge in [0, 0.05) is 11.8 Å². The molecule has 2 N–H and O–H groups in total. The Kier molecular flexibility index (Phi) is 5.41. The normalized spacial score (nSPS) is 12.5. The minimum absolute atomic E-state index is 0.0478. The molecule has 0 spiro atoms. The van der Waals surface area contributed by atoms with Gasteiger partial charge >= 0.3 is 5.97 Å². The van der Waals surface area contributed by atoms with Crippen molar-refractivity contribution in [3.05, 3.63) is 48.0 Å². The number of carboxylic acids is 1. The highest BCUT2D eigenvalue weighted by atomic mass is 32.2. The summed E-state index contributed by atoms with van der Waals surface area (Å²) in [7, 11) is -3.74. The lowest BCUT2D eigenvalue weighted by Crippen LogP contribution is -2.39. The van der Waals surface area contributed by atoms with Gasteiger partial charge in [0.05, 0.1) is 17.0 Å². The summed E-state index contributed by atoms with van der Waals surface area (Å²) in [6.45, 7) is 1.08. The lowest BCUT2D eigenvalue weighted by atomic mass is 10.2. The van der Waals surface area contributed by atoms with Crippen LogP contribution in [0.3, 0.4) is 0 Å². The number of rotatable bonds is 7. The Hall–Kier alpha value is -3.27. The van der Waals surface area contributed by atoms with E-state index in [4.69, 9.17) is 14.6 Å². The van der Waals surface area contributed by atoms with Gasteiger partial charge in [0.1, 0.15) is 6.54 Å². The highest BCUT2D eigenvalue weighted by Gasteiger charge is 2.25. The number of nitrogens with one attached hydrogen (secondary N) is 1. The van der Waals surface area contributed by atoms with E-state index in [2.05, 4.69) is 5.32 Å². The third-order valence-electron chi connectivity index (χ3n) is 4.05. The molecule has 9 nitrogen and oxygen atoms in total. The summed E-state index contributed by atoms with van der Waals surface area (Å²) in [5.41, 5.74) is 0.713. The van der Waals surface area contributed by atoms with Crippen LogP contribution < -0.4 is 19.1 Å². The molecular formula is C18H18N2O7S. The maximum absolute atomic E-state index is 12.5. The number of carbonyl (C=O) groups is 2. The van der Waals surface area contributed by atoms with Crippen molar-refractivity contribution in [2.45, 2.75) is 6.92 Å². The first kappa shape index (κ1) is 19.5. The predicted octanol–water partition coefficient (Wildman–Crippen LogP) is 1.91. The van der Waals surface area contributed by atoms with Crippen LogP contribution >= 0.6 is 0 Å². The Morgan fingerprint density at radius 1 is 1.11 bits per heavy atom. The largest absolute Gasteiger partial charge is 0.478 e. The smallest absolute Gasteiger partial charge is 0.335 e. The second kappa shape index (κ2) is 7.77. The molecule has 0 saturated heterocycles. The number of hydrogen-bond acceptors (Lipinski definition) is 6. The molecule has 1 aliphatic heterocycles. The van der Waals surface area contributed by atoms with E-state index in [0.717, 1.165) is 4.31 Å². The Bertz CT molecular complexity index is 1000. The number of nitrogens with zero attached hydrogens (tertiary/aromatic N) is 1. The molecule has 0 saturated carbocycles. The summed E-state index contributed by atoms with van der Waals surface area (Å²) in [6.07, 6.45) is 0. The number of sulfonamides is 1. The molecule has 0 atom stereocenters. The molecule has 0 radical (unpaired) electrons. The zero-order valence-electron chi connectivity index (χ0n) is 14.9. The molecule has 1 aliphatic rings. The Balaban J connectivity index is 1.80. The minimum atomic E-state index is -3.74.